The van der Waals surface area contributed by atoms with Gasteiger partial charge in [0.1, 0.15) is 6.61 Å². The molecule has 416 valence electrons. The Labute approximate surface area is 447 Å². The number of rotatable bonds is 49. The van der Waals surface area contributed by atoms with Gasteiger partial charge in [0, 0.05) is 18.1 Å². The summed E-state index contributed by atoms with van der Waals surface area (Å²) in [4.78, 5) is 25.5. The maximum atomic E-state index is 12.9. The summed E-state index contributed by atoms with van der Waals surface area (Å²) >= 11 is 0. The monoisotopic (exact) mass is 1020 g/mol. The number of carbonyl (C=O) groups is 2. The molecule has 3 rings (SSSR count). The van der Waals surface area contributed by atoms with Crippen molar-refractivity contribution >= 4 is 18.0 Å². The number of benzene rings is 2. The summed E-state index contributed by atoms with van der Waals surface area (Å²) in [6.45, 7) is 5.01. The molecule has 0 aromatic heterocycles. The van der Waals surface area contributed by atoms with Crippen LogP contribution in [-0.4, -0.2) is 43.5 Å². The Bertz CT molecular complexity index is 1670. The molecular weight excluding hydrogens is 909 g/mol. The van der Waals surface area contributed by atoms with Gasteiger partial charge in [0.25, 0.3) is 0 Å². The Morgan fingerprint density at radius 3 is 1.36 bits per heavy atom. The van der Waals surface area contributed by atoms with Gasteiger partial charge in [0.05, 0.1) is 13.7 Å². The van der Waals surface area contributed by atoms with Crippen LogP contribution in [0.4, 0.5) is 0 Å². The molecular formula is C65H108O8. The summed E-state index contributed by atoms with van der Waals surface area (Å²) in [6.07, 6.45) is 56.8. The highest BCUT2D eigenvalue weighted by Gasteiger charge is 2.35. The predicted octanol–water partition coefficient (Wildman–Crippen LogP) is 19.8. The van der Waals surface area contributed by atoms with Gasteiger partial charge >= 0.3 is 11.9 Å². The first-order valence-corrected chi connectivity index (χ1v) is 30.8. The highest BCUT2D eigenvalue weighted by Crippen LogP contribution is 2.42. The summed E-state index contributed by atoms with van der Waals surface area (Å²) in [5.41, 5.74) is 1.47. The first-order valence-electron chi connectivity index (χ1n) is 30.8. The molecule has 0 amide bonds. The number of phenols is 1. The second-order valence-electron chi connectivity index (χ2n) is 21.6. The van der Waals surface area contributed by atoms with Gasteiger partial charge in [-0.2, -0.15) is 0 Å². The summed E-state index contributed by atoms with van der Waals surface area (Å²) in [6, 6.07) is 10.5. The van der Waals surface area contributed by atoms with Crippen molar-refractivity contribution in [2.24, 2.45) is 0 Å². The molecule has 2 aromatic carbocycles. The van der Waals surface area contributed by atoms with Crippen LogP contribution in [0.25, 0.3) is 6.08 Å². The van der Waals surface area contributed by atoms with Crippen LogP contribution < -0.4 is 14.2 Å². The number of phenolic OH excluding ortho intramolecular Hbond substituents is 1. The largest absolute Gasteiger partial charge is 0.504 e. The Morgan fingerprint density at radius 1 is 0.493 bits per heavy atom. The van der Waals surface area contributed by atoms with E-state index in [0.717, 1.165) is 37.7 Å². The lowest BCUT2D eigenvalue weighted by molar-refractivity contribution is -0.148. The Morgan fingerprint density at radius 2 is 0.918 bits per heavy atom. The average molecular weight is 1020 g/mol. The molecule has 0 spiro atoms. The highest BCUT2D eigenvalue weighted by atomic mass is 16.6. The van der Waals surface area contributed by atoms with Gasteiger partial charge in [0.15, 0.2) is 35.2 Å². The van der Waals surface area contributed by atoms with Crippen LogP contribution in [0.1, 0.15) is 301 Å². The lowest BCUT2D eigenvalue weighted by atomic mass is 10.0. The van der Waals surface area contributed by atoms with E-state index in [-0.39, 0.29) is 24.3 Å². The van der Waals surface area contributed by atoms with E-state index < -0.39 is 12.2 Å². The zero-order valence-corrected chi connectivity index (χ0v) is 47.2. The molecule has 73 heavy (non-hydrogen) atoms. The molecule has 0 fully saturated rings. The van der Waals surface area contributed by atoms with Gasteiger partial charge in [-0.05, 0) is 48.7 Å². The van der Waals surface area contributed by atoms with Crippen molar-refractivity contribution in [1.82, 2.24) is 0 Å². The van der Waals surface area contributed by atoms with E-state index in [1.807, 2.05) is 18.2 Å². The smallest absolute Gasteiger partial charge is 0.330 e. The van der Waals surface area contributed by atoms with Crippen LogP contribution in [-0.2, 0) is 19.1 Å². The van der Waals surface area contributed by atoms with Crippen molar-refractivity contribution in [1.29, 1.82) is 0 Å². The molecule has 1 aliphatic heterocycles. The molecule has 0 saturated carbocycles. The van der Waals surface area contributed by atoms with E-state index >= 15 is 0 Å². The molecule has 0 aliphatic carbocycles. The molecule has 2 atom stereocenters. The van der Waals surface area contributed by atoms with Crippen molar-refractivity contribution in [3.05, 3.63) is 53.6 Å². The van der Waals surface area contributed by atoms with E-state index in [1.54, 1.807) is 24.3 Å². The van der Waals surface area contributed by atoms with Crippen LogP contribution in [0.5, 0.6) is 23.0 Å². The highest BCUT2D eigenvalue weighted by molar-refractivity contribution is 5.87. The van der Waals surface area contributed by atoms with E-state index in [9.17, 15) is 14.7 Å². The van der Waals surface area contributed by atoms with Crippen molar-refractivity contribution in [2.45, 2.75) is 296 Å². The first-order chi connectivity index (χ1) is 35.9. The SMILES string of the molecule is CCCCCCCCCCCCCCCCCCCCCCCC(=O)OCC1Oc2ccc(C=CC(=O)OCCCCCCCCCCCCCCCCCCCCCC)cc2OC1c1ccc(O)c(OC)c1. The number of hydrogen-bond donors (Lipinski definition) is 1. The molecule has 2 aromatic rings. The van der Waals surface area contributed by atoms with Crippen LogP contribution in [0.3, 0.4) is 0 Å². The van der Waals surface area contributed by atoms with E-state index in [1.165, 1.54) is 244 Å². The third-order valence-corrected chi connectivity index (χ3v) is 14.9. The number of carbonyl (C=O) groups excluding carboxylic acids is 2. The number of ether oxygens (including phenoxy) is 5. The van der Waals surface area contributed by atoms with Crippen LogP contribution >= 0.6 is 0 Å². The lowest BCUT2D eigenvalue weighted by Crippen LogP contribution is -2.37. The fourth-order valence-electron chi connectivity index (χ4n) is 10.2. The normalized spacial score (nSPS) is 14.2. The van der Waals surface area contributed by atoms with Crippen molar-refractivity contribution in [3.63, 3.8) is 0 Å². The Balaban J connectivity index is 1.24. The number of fused-ring (bicyclic) bond motifs is 1. The minimum Gasteiger partial charge on any atom is -0.504 e. The van der Waals surface area contributed by atoms with Gasteiger partial charge in [-0.25, -0.2) is 4.79 Å². The molecule has 0 radical (unpaired) electrons. The van der Waals surface area contributed by atoms with Gasteiger partial charge in [0.2, 0.25) is 0 Å². The quantitative estimate of drug-likeness (QED) is 0.0397. The molecule has 2 unspecified atom stereocenters. The van der Waals surface area contributed by atoms with Crippen molar-refractivity contribution in [3.8, 4) is 23.0 Å². The second kappa shape index (κ2) is 44.6. The molecule has 1 aliphatic rings. The fourth-order valence-corrected chi connectivity index (χ4v) is 10.2. The second-order valence-corrected chi connectivity index (χ2v) is 21.6. The van der Waals surface area contributed by atoms with E-state index in [4.69, 9.17) is 23.7 Å². The number of aromatic hydroxyl groups is 1. The minimum atomic E-state index is -0.646. The van der Waals surface area contributed by atoms with Gasteiger partial charge in [-0.15, -0.1) is 0 Å². The van der Waals surface area contributed by atoms with Crippen molar-refractivity contribution in [2.75, 3.05) is 20.3 Å². The number of methoxy groups -OCH3 is 1. The molecule has 1 heterocycles. The molecule has 1 N–H and O–H groups in total. The third kappa shape index (κ3) is 32.4. The number of hydrogen-bond acceptors (Lipinski definition) is 8. The molecule has 8 heteroatoms. The standard InChI is InChI=1S/C65H108O8/c1-4-6-8-10-12-14-16-18-20-22-24-26-27-29-31-33-35-37-39-41-43-45-63(67)71-55-62-65(57-48-49-58(66)60(54-57)69-3)73-61-53-56(46-50-59(61)72-62)47-51-64(68)70-52-44-42-40-38-36-34-32-30-28-25-23-21-19-17-15-13-11-9-7-5-2/h46-51,53-54,62,65-66H,4-45,52,55H2,1-3H3. The average Bonchev–Trinajstić information content (AvgIpc) is 3.40. The van der Waals surface area contributed by atoms with Crippen LogP contribution in [0, 0.1) is 0 Å². The topological polar surface area (TPSA) is 101 Å². The fraction of sp³-hybridized carbons (Fsp3) is 0.754. The maximum Gasteiger partial charge on any atom is 0.330 e. The first kappa shape index (κ1) is 63.6. The van der Waals surface area contributed by atoms with Gasteiger partial charge in [-0.1, -0.05) is 276 Å². The van der Waals surface area contributed by atoms with Crippen LogP contribution in [0.15, 0.2) is 42.5 Å². The maximum absolute atomic E-state index is 12.9. The Hall–Kier alpha value is -3.68. The summed E-state index contributed by atoms with van der Waals surface area (Å²) in [5.74, 6) is 0.733. The Kier molecular flexibility index (Phi) is 38.9. The zero-order valence-electron chi connectivity index (χ0n) is 47.2. The van der Waals surface area contributed by atoms with Crippen molar-refractivity contribution < 1.29 is 38.4 Å². The van der Waals surface area contributed by atoms with Gasteiger partial charge < -0.3 is 28.8 Å². The summed E-state index contributed by atoms with van der Waals surface area (Å²) in [5, 5.41) is 10.3. The molecule has 8 nitrogen and oxygen atoms in total. The summed E-state index contributed by atoms with van der Waals surface area (Å²) in [7, 11) is 1.50. The van der Waals surface area contributed by atoms with E-state index in [2.05, 4.69) is 13.8 Å². The zero-order chi connectivity index (χ0) is 52.1. The molecule has 0 bridgehead atoms. The number of esters is 2. The number of unbranched alkanes of at least 4 members (excludes halogenated alkanes) is 39. The predicted molar refractivity (Wildman–Crippen MR) is 305 cm³/mol. The summed E-state index contributed by atoms with van der Waals surface area (Å²) < 4.78 is 29.6. The minimum absolute atomic E-state index is 0.0123. The van der Waals surface area contributed by atoms with E-state index in [0.29, 0.717) is 35.8 Å². The van der Waals surface area contributed by atoms with Crippen LogP contribution in [0.2, 0.25) is 0 Å². The lowest BCUT2D eigenvalue weighted by Gasteiger charge is -2.34. The molecule has 0 saturated heterocycles. The van der Waals surface area contributed by atoms with Gasteiger partial charge in [-0.3, -0.25) is 4.79 Å². The third-order valence-electron chi connectivity index (χ3n) is 14.9.